The molecule has 90 valence electrons. The van der Waals surface area contributed by atoms with Crippen LogP contribution in [0, 0.1) is 12.8 Å². The Bertz CT molecular complexity index is 513. The van der Waals surface area contributed by atoms with Gasteiger partial charge in [0.25, 0.3) is 0 Å². The summed E-state index contributed by atoms with van der Waals surface area (Å²) in [7, 11) is 0. The molecule has 0 spiro atoms. The van der Waals surface area contributed by atoms with Crippen LogP contribution >= 0.6 is 0 Å². The fraction of sp³-hybridized carbons (Fsp3) is 0.500. The second-order valence-electron chi connectivity index (χ2n) is 4.60. The van der Waals surface area contributed by atoms with Crippen molar-refractivity contribution in [2.24, 2.45) is 5.92 Å². The number of furan rings is 1. The van der Waals surface area contributed by atoms with Gasteiger partial charge in [0.15, 0.2) is 5.76 Å². The lowest BCUT2D eigenvalue weighted by molar-refractivity contribution is 0.252. The van der Waals surface area contributed by atoms with Crippen LogP contribution in [-0.4, -0.2) is 23.2 Å². The maximum absolute atomic E-state index is 5.35. The zero-order valence-electron chi connectivity index (χ0n) is 9.93. The van der Waals surface area contributed by atoms with Crippen molar-refractivity contribution in [3.05, 3.63) is 23.8 Å². The first-order valence-corrected chi connectivity index (χ1v) is 5.84. The zero-order valence-corrected chi connectivity index (χ0v) is 9.93. The average molecular weight is 233 g/mol. The van der Waals surface area contributed by atoms with Gasteiger partial charge in [-0.05, 0) is 37.6 Å². The first-order valence-electron chi connectivity index (χ1n) is 5.84. The van der Waals surface area contributed by atoms with Gasteiger partial charge in [0.05, 0.1) is 6.26 Å². The highest BCUT2D eigenvalue weighted by molar-refractivity contribution is 5.51. The summed E-state index contributed by atoms with van der Waals surface area (Å²) < 4.78 is 10.7. The van der Waals surface area contributed by atoms with E-state index in [0.717, 1.165) is 18.7 Å². The van der Waals surface area contributed by atoms with Gasteiger partial charge in [-0.25, -0.2) is 0 Å². The summed E-state index contributed by atoms with van der Waals surface area (Å²) in [6.45, 7) is 6.14. The average Bonchev–Trinajstić information content (AvgIpc) is 2.82. The molecule has 17 heavy (non-hydrogen) atoms. The standard InChI is InChI=1S/C12H15N3O2/c1-7-3-4-16-10(7)11-14-12(17-15-11)8(2)9-5-13-6-9/h3-4,8-9,13H,5-6H2,1-2H3. The fourth-order valence-electron chi connectivity index (χ4n) is 1.98. The van der Waals surface area contributed by atoms with E-state index in [0.29, 0.717) is 29.3 Å². The third kappa shape index (κ3) is 1.76. The highest BCUT2D eigenvalue weighted by Crippen LogP contribution is 2.28. The van der Waals surface area contributed by atoms with Gasteiger partial charge in [0, 0.05) is 5.92 Å². The van der Waals surface area contributed by atoms with Crippen LogP contribution in [0.1, 0.15) is 24.3 Å². The molecule has 2 aromatic rings. The van der Waals surface area contributed by atoms with Gasteiger partial charge in [-0.2, -0.15) is 4.98 Å². The maximum Gasteiger partial charge on any atom is 0.238 e. The monoisotopic (exact) mass is 233 g/mol. The molecule has 0 aromatic carbocycles. The Labute approximate surface area is 99.2 Å². The van der Waals surface area contributed by atoms with Crippen LogP contribution in [0.2, 0.25) is 0 Å². The van der Waals surface area contributed by atoms with E-state index in [1.807, 2.05) is 13.0 Å². The van der Waals surface area contributed by atoms with Crippen molar-refractivity contribution in [2.45, 2.75) is 19.8 Å². The maximum atomic E-state index is 5.35. The number of aromatic nitrogens is 2. The van der Waals surface area contributed by atoms with E-state index in [4.69, 9.17) is 8.94 Å². The molecule has 0 bridgehead atoms. The van der Waals surface area contributed by atoms with E-state index in [1.165, 1.54) is 0 Å². The second kappa shape index (κ2) is 4.00. The van der Waals surface area contributed by atoms with E-state index in [9.17, 15) is 0 Å². The molecule has 0 radical (unpaired) electrons. The topological polar surface area (TPSA) is 64.1 Å². The van der Waals surface area contributed by atoms with Crippen LogP contribution in [0.25, 0.3) is 11.6 Å². The summed E-state index contributed by atoms with van der Waals surface area (Å²) in [4.78, 5) is 4.42. The van der Waals surface area contributed by atoms with Crippen LogP contribution in [0.3, 0.4) is 0 Å². The van der Waals surface area contributed by atoms with E-state index >= 15 is 0 Å². The van der Waals surface area contributed by atoms with Crippen molar-refractivity contribution < 1.29 is 8.94 Å². The molecule has 1 saturated heterocycles. The van der Waals surface area contributed by atoms with Gasteiger partial charge >= 0.3 is 0 Å². The molecular weight excluding hydrogens is 218 g/mol. The molecule has 1 unspecified atom stereocenters. The zero-order chi connectivity index (χ0) is 11.8. The van der Waals surface area contributed by atoms with Gasteiger partial charge in [-0.3, -0.25) is 0 Å². The summed E-state index contributed by atoms with van der Waals surface area (Å²) >= 11 is 0. The molecule has 5 nitrogen and oxygen atoms in total. The molecular formula is C12H15N3O2. The van der Waals surface area contributed by atoms with Gasteiger partial charge in [-0.1, -0.05) is 12.1 Å². The summed E-state index contributed by atoms with van der Waals surface area (Å²) in [6.07, 6.45) is 1.64. The Morgan fingerprint density at radius 1 is 1.47 bits per heavy atom. The van der Waals surface area contributed by atoms with Crippen molar-refractivity contribution in [1.82, 2.24) is 15.5 Å². The van der Waals surface area contributed by atoms with E-state index in [1.54, 1.807) is 6.26 Å². The molecule has 0 amide bonds. The summed E-state index contributed by atoms with van der Waals surface area (Å²) in [6, 6.07) is 1.89. The normalized spacial score (nSPS) is 18.0. The van der Waals surface area contributed by atoms with E-state index in [2.05, 4.69) is 22.4 Å². The fourth-order valence-corrected chi connectivity index (χ4v) is 1.98. The van der Waals surface area contributed by atoms with Crippen molar-refractivity contribution >= 4 is 0 Å². The number of nitrogens with one attached hydrogen (secondary N) is 1. The second-order valence-corrected chi connectivity index (χ2v) is 4.60. The van der Waals surface area contributed by atoms with Crippen LogP contribution in [0.4, 0.5) is 0 Å². The number of hydrogen-bond acceptors (Lipinski definition) is 5. The minimum absolute atomic E-state index is 0.299. The molecule has 1 atom stereocenters. The Balaban J connectivity index is 1.85. The van der Waals surface area contributed by atoms with Crippen molar-refractivity contribution in [3.8, 4) is 11.6 Å². The number of hydrogen-bond donors (Lipinski definition) is 1. The molecule has 1 N–H and O–H groups in total. The first-order chi connectivity index (χ1) is 8.25. The summed E-state index contributed by atoms with van der Waals surface area (Å²) in [5.41, 5.74) is 1.02. The molecule has 0 aliphatic carbocycles. The summed E-state index contributed by atoms with van der Waals surface area (Å²) in [5, 5.41) is 7.23. The number of nitrogens with zero attached hydrogens (tertiary/aromatic N) is 2. The quantitative estimate of drug-likeness (QED) is 0.878. The SMILES string of the molecule is Cc1ccoc1-c1noc(C(C)C2CNC2)n1. The lowest BCUT2D eigenvalue weighted by Gasteiger charge is -2.30. The van der Waals surface area contributed by atoms with Crippen LogP contribution in [0.5, 0.6) is 0 Å². The predicted octanol–water partition coefficient (Wildman–Crippen LogP) is 1.96. The Morgan fingerprint density at radius 2 is 2.29 bits per heavy atom. The minimum atomic E-state index is 0.299. The van der Waals surface area contributed by atoms with Crippen LogP contribution < -0.4 is 5.32 Å². The van der Waals surface area contributed by atoms with Gasteiger partial charge in [0.2, 0.25) is 11.7 Å². The Morgan fingerprint density at radius 3 is 2.88 bits per heavy atom. The third-order valence-electron chi connectivity index (χ3n) is 3.42. The van der Waals surface area contributed by atoms with E-state index < -0.39 is 0 Å². The molecule has 1 aliphatic rings. The van der Waals surface area contributed by atoms with Crippen molar-refractivity contribution in [3.63, 3.8) is 0 Å². The highest BCUT2D eigenvalue weighted by atomic mass is 16.5. The molecule has 2 aromatic heterocycles. The molecule has 0 saturated carbocycles. The molecule has 1 aliphatic heterocycles. The molecule has 3 rings (SSSR count). The lowest BCUT2D eigenvalue weighted by atomic mass is 9.89. The van der Waals surface area contributed by atoms with Crippen LogP contribution in [-0.2, 0) is 0 Å². The van der Waals surface area contributed by atoms with Gasteiger partial charge < -0.3 is 14.3 Å². The largest absolute Gasteiger partial charge is 0.461 e. The Hall–Kier alpha value is -1.62. The van der Waals surface area contributed by atoms with Gasteiger partial charge in [0.1, 0.15) is 0 Å². The number of aryl methyl sites for hydroxylation is 1. The molecule has 5 heteroatoms. The summed E-state index contributed by atoms with van der Waals surface area (Å²) in [5.74, 6) is 2.83. The van der Waals surface area contributed by atoms with E-state index in [-0.39, 0.29) is 0 Å². The first kappa shape index (κ1) is 10.5. The van der Waals surface area contributed by atoms with Crippen LogP contribution in [0.15, 0.2) is 21.3 Å². The van der Waals surface area contributed by atoms with Crippen molar-refractivity contribution in [2.75, 3.05) is 13.1 Å². The Kier molecular flexibility index (Phi) is 2.48. The number of rotatable bonds is 3. The lowest BCUT2D eigenvalue weighted by Crippen LogP contribution is -2.44. The smallest absolute Gasteiger partial charge is 0.238 e. The molecule has 1 fully saturated rings. The predicted molar refractivity (Wildman–Crippen MR) is 61.5 cm³/mol. The van der Waals surface area contributed by atoms with Crippen molar-refractivity contribution in [1.29, 1.82) is 0 Å². The van der Waals surface area contributed by atoms with Gasteiger partial charge in [-0.15, -0.1) is 0 Å². The molecule has 3 heterocycles. The minimum Gasteiger partial charge on any atom is -0.461 e. The highest BCUT2D eigenvalue weighted by Gasteiger charge is 2.29. The third-order valence-corrected chi connectivity index (χ3v) is 3.42.